The number of benzene rings is 1. The Labute approximate surface area is 153 Å². The Hall–Kier alpha value is -2.44. The zero-order chi connectivity index (χ0) is 17.8. The number of aromatic nitrogens is 1. The molecule has 26 heavy (non-hydrogen) atoms. The normalized spacial score (nSPS) is 19.3. The summed E-state index contributed by atoms with van der Waals surface area (Å²) in [6.45, 7) is 2.15. The lowest BCUT2D eigenvalue weighted by molar-refractivity contribution is -0.162. The summed E-state index contributed by atoms with van der Waals surface area (Å²) in [5.74, 6) is -0.0950. The second-order valence-electron chi connectivity index (χ2n) is 6.54. The molecule has 3 heterocycles. The van der Waals surface area contributed by atoms with E-state index in [0.29, 0.717) is 12.2 Å². The number of amides is 1. The molecule has 1 aromatic heterocycles. The first-order valence-corrected chi connectivity index (χ1v) is 9.18. The molecular formula is C20H23N3O3. The molecule has 1 amide bonds. The predicted molar refractivity (Wildman–Crippen MR) is 99.8 cm³/mol. The number of hydrogen-bond acceptors (Lipinski definition) is 5. The summed E-state index contributed by atoms with van der Waals surface area (Å²) in [7, 11) is 0. The molecule has 2 aliphatic rings. The maximum atomic E-state index is 12.6. The number of rotatable bonds is 5. The van der Waals surface area contributed by atoms with Gasteiger partial charge in [-0.1, -0.05) is 12.1 Å². The Balaban J connectivity index is 1.50. The van der Waals surface area contributed by atoms with Crippen LogP contribution < -0.4 is 10.2 Å². The highest BCUT2D eigenvalue weighted by atomic mass is 16.7. The molecule has 0 saturated carbocycles. The zero-order valence-electron chi connectivity index (χ0n) is 14.7. The van der Waals surface area contributed by atoms with E-state index >= 15 is 0 Å². The van der Waals surface area contributed by atoms with E-state index in [0.717, 1.165) is 55.9 Å². The van der Waals surface area contributed by atoms with Gasteiger partial charge >= 0.3 is 0 Å². The monoisotopic (exact) mass is 353 g/mol. The van der Waals surface area contributed by atoms with Crippen molar-refractivity contribution in [3.05, 3.63) is 48.3 Å². The fourth-order valence-corrected chi connectivity index (χ4v) is 3.45. The van der Waals surface area contributed by atoms with Crippen LogP contribution >= 0.6 is 0 Å². The summed E-state index contributed by atoms with van der Waals surface area (Å²) in [6, 6.07) is 9.49. The molecule has 1 unspecified atom stereocenters. The molecule has 1 atom stereocenters. The van der Waals surface area contributed by atoms with Crippen LogP contribution in [0.2, 0.25) is 0 Å². The van der Waals surface area contributed by atoms with Gasteiger partial charge in [0.2, 0.25) is 0 Å². The van der Waals surface area contributed by atoms with E-state index in [2.05, 4.69) is 15.2 Å². The topological polar surface area (TPSA) is 63.7 Å². The Morgan fingerprint density at radius 2 is 2.15 bits per heavy atom. The lowest BCUT2D eigenvalue weighted by Gasteiger charge is -2.26. The molecule has 0 bridgehead atoms. The molecule has 0 spiro atoms. The largest absolute Gasteiger partial charge is 0.353 e. The Bertz CT molecular complexity index is 774. The van der Waals surface area contributed by atoms with E-state index < -0.39 is 0 Å². The molecular weight excluding hydrogens is 330 g/mol. The van der Waals surface area contributed by atoms with E-state index in [1.165, 1.54) is 0 Å². The number of ether oxygens (including phenoxy) is 2. The molecule has 2 aliphatic heterocycles. The number of carbonyl (C=O) groups excluding carboxylic acids is 1. The SMILES string of the molecule is O=C1Nc2ccncc2N(CCCOC2CCCCO2)c2ccccc21. The lowest BCUT2D eigenvalue weighted by atomic mass is 10.1. The van der Waals surface area contributed by atoms with Crippen LogP contribution in [-0.2, 0) is 9.47 Å². The quantitative estimate of drug-likeness (QED) is 0.830. The number of para-hydroxylation sites is 1. The highest BCUT2D eigenvalue weighted by Crippen LogP contribution is 2.37. The lowest BCUT2D eigenvalue weighted by Crippen LogP contribution is -2.25. The van der Waals surface area contributed by atoms with E-state index in [4.69, 9.17) is 9.47 Å². The van der Waals surface area contributed by atoms with Crippen molar-refractivity contribution in [2.45, 2.75) is 32.0 Å². The van der Waals surface area contributed by atoms with E-state index in [9.17, 15) is 4.79 Å². The average Bonchev–Trinajstić information content (AvgIpc) is 2.81. The molecule has 136 valence electrons. The fourth-order valence-electron chi connectivity index (χ4n) is 3.45. The number of pyridine rings is 1. The number of fused-ring (bicyclic) bond motifs is 2. The second-order valence-corrected chi connectivity index (χ2v) is 6.54. The maximum absolute atomic E-state index is 12.6. The van der Waals surface area contributed by atoms with Gasteiger partial charge in [-0.2, -0.15) is 0 Å². The van der Waals surface area contributed by atoms with Crippen LogP contribution in [0.1, 0.15) is 36.0 Å². The molecule has 1 saturated heterocycles. The van der Waals surface area contributed by atoms with Crippen molar-refractivity contribution in [3.63, 3.8) is 0 Å². The zero-order valence-corrected chi connectivity index (χ0v) is 14.7. The van der Waals surface area contributed by atoms with Gasteiger partial charge in [-0.05, 0) is 43.9 Å². The summed E-state index contributed by atoms with van der Waals surface area (Å²) in [5, 5.41) is 2.98. The molecule has 0 radical (unpaired) electrons. The fraction of sp³-hybridized carbons (Fsp3) is 0.400. The van der Waals surface area contributed by atoms with Gasteiger partial charge in [0.05, 0.1) is 35.4 Å². The minimum atomic E-state index is -0.0950. The molecule has 0 aliphatic carbocycles. The smallest absolute Gasteiger partial charge is 0.257 e. The van der Waals surface area contributed by atoms with Crippen LogP contribution in [0, 0.1) is 0 Å². The molecule has 6 heteroatoms. The third kappa shape index (κ3) is 3.57. The molecule has 1 N–H and O–H groups in total. The van der Waals surface area contributed by atoms with Gasteiger partial charge in [0, 0.05) is 19.3 Å². The Kier molecular flexibility index (Phi) is 5.13. The summed E-state index contributed by atoms with van der Waals surface area (Å²) in [6.07, 6.45) is 7.50. The van der Waals surface area contributed by atoms with Gasteiger partial charge in [0.1, 0.15) is 0 Å². The summed E-state index contributed by atoms with van der Waals surface area (Å²) in [5.41, 5.74) is 3.24. The second kappa shape index (κ2) is 7.85. The summed E-state index contributed by atoms with van der Waals surface area (Å²) < 4.78 is 11.5. The van der Waals surface area contributed by atoms with Crippen molar-refractivity contribution >= 4 is 23.0 Å². The van der Waals surface area contributed by atoms with Gasteiger partial charge in [-0.3, -0.25) is 9.78 Å². The highest BCUT2D eigenvalue weighted by Gasteiger charge is 2.24. The molecule has 1 fully saturated rings. The van der Waals surface area contributed by atoms with Gasteiger partial charge in [0.25, 0.3) is 5.91 Å². The summed E-state index contributed by atoms with van der Waals surface area (Å²) in [4.78, 5) is 18.9. The van der Waals surface area contributed by atoms with Crippen molar-refractivity contribution in [3.8, 4) is 0 Å². The van der Waals surface area contributed by atoms with Crippen LogP contribution in [0.3, 0.4) is 0 Å². The predicted octanol–water partition coefficient (Wildman–Crippen LogP) is 3.72. The van der Waals surface area contributed by atoms with Crippen molar-refractivity contribution in [1.29, 1.82) is 0 Å². The van der Waals surface area contributed by atoms with Crippen molar-refractivity contribution in [2.75, 3.05) is 30.0 Å². The van der Waals surface area contributed by atoms with Crippen LogP contribution in [0.25, 0.3) is 0 Å². The third-order valence-corrected chi connectivity index (χ3v) is 4.75. The van der Waals surface area contributed by atoms with E-state index in [1.807, 2.05) is 30.3 Å². The first-order valence-electron chi connectivity index (χ1n) is 9.18. The minimum absolute atomic E-state index is 0.0719. The number of carbonyl (C=O) groups is 1. The van der Waals surface area contributed by atoms with Gasteiger partial charge in [0.15, 0.2) is 6.29 Å². The van der Waals surface area contributed by atoms with Crippen LogP contribution in [-0.4, -0.2) is 36.9 Å². The van der Waals surface area contributed by atoms with Crippen LogP contribution in [0.15, 0.2) is 42.7 Å². The van der Waals surface area contributed by atoms with E-state index in [1.54, 1.807) is 12.4 Å². The number of nitrogens with one attached hydrogen (secondary N) is 1. The molecule has 1 aromatic carbocycles. The van der Waals surface area contributed by atoms with E-state index in [-0.39, 0.29) is 12.2 Å². The van der Waals surface area contributed by atoms with Gasteiger partial charge in [-0.15, -0.1) is 0 Å². The summed E-state index contributed by atoms with van der Waals surface area (Å²) >= 11 is 0. The third-order valence-electron chi connectivity index (χ3n) is 4.75. The van der Waals surface area contributed by atoms with Crippen LogP contribution in [0.4, 0.5) is 17.1 Å². The minimum Gasteiger partial charge on any atom is -0.353 e. The molecule has 6 nitrogen and oxygen atoms in total. The standard InChI is InChI=1S/C20H23N3O3/c24-20-15-6-1-2-7-17(15)23(18-14-21-10-9-16(18)22-20)11-5-13-26-19-8-3-4-12-25-19/h1-2,6-7,9-10,14,19H,3-5,8,11-13H2,(H,22,24). The first kappa shape index (κ1) is 17.0. The molecule has 2 aromatic rings. The van der Waals surface area contributed by atoms with Crippen molar-refractivity contribution in [2.24, 2.45) is 0 Å². The number of anilines is 3. The Morgan fingerprint density at radius 1 is 1.23 bits per heavy atom. The average molecular weight is 353 g/mol. The Morgan fingerprint density at radius 3 is 3.04 bits per heavy atom. The number of hydrogen-bond donors (Lipinski definition) is 1. The van der Waals surface area contributed by atoms with Crippen molar-refractivity contribution in [1.82, 2.24) is 4.98 Å². The first-order chi connectivity index (χ1) is 12.8. The van der Waals surface area contributed by atoms with Gasteiger partial charge in [-0.25, -0.2) is 0 Å². The van der Waals surface area contributed by atoms with Gasteiger partial charge < -0.3 is 19.7 Å². The highest BCUT2D eigenvalue weighted by molar-refractivity contribution is 6.12. The maximum Gasteiger partial charge on any atom is 0.257 e. The number of nitrogens with zero attached hydrogens (tertiary/aromatic N) is 2. The van der Waals surface area contributed by atoms with Crippen molar-refractivity contribution < 1.29 is 14.3 Å². The molecule has 4 rings (SSSR count). The van der Waals surface area contributed by atoms with Crippen LogP contribution in [0.5, 0.6) is 0 Å².